The van der Waals surface area contributed by atoms with E-state index in [1.807, 2.05) is 43.2 Å². The molecule has 1 aromatic rings. The fourth-order valence-corrected chi connectivity index (χ4v) is 2.04. The van der Waals surface area contributed by atoms with Crippen LogP contribution in [0.25, 0.3) is 0 Å². The third-order valence-electron chi connectivity index (χ3n) is 2.04. The largest absolute Gasteiger partial charge is 0.382 e. The Kier molecular flexibility index (Phi) is 8.12. The number of nitrogens with zero attached hydrogens (tertiary/aromatic N) is 1. The number of nitrogens with one attached hydrogen (secondary N) is 1. The summed E-state index contributed by atoms with van der Waals surface area (Å²) in [5.74, 6) is 1.10. The fraction of sp³-hybridized carbons (Fsp3) is 0.583. The molecule has 0 saturated carbocycles. The molecule has 16 heavy (non-hydrogen) atoms. The first kappa shape index (κ1) is 13.5. The monoisotopic (exact) mass is 240 g/mol. The highest BCUT2D eigenvalue weighted by Crippen LogP contribution is 2.14. The first-order chi connectivity index (χ1) is 7.93. The molecule has 0 aliphatic heterocycles. The molecule has 3 nitrogen and oxygen atoms in total. The van der Waals surface area contributed by atoms with E-state index in [1.165, 1.54) is 4.90 Å². The summed E-state index contributed by atoms with van der Waals surface area (Å²) >= 11 is 1.85. The second kappa shape index (κ2) is 9.63. The molecule has 0 fully saturated rings. The quantitative estimate of drug-likeness (QED) is 0.530. The van der Waals surface area contributed by atoms with Gasteiger partial charge in [-0.1, -0.05) is 0 Å². The molecule has 1 rings (SSSR count). The van der Waals surface area contributed by atoms with E-state index in [0.29, 0.717) is 0 Å². The Morgan fingerprint density at radius 1 is 1.31 bits per heavy atom. The molecule has 1 aromatic heterocycles. The van der Waals surface area contributed by atoms with Crippen molar-refractivity contribution in [3.8, 4) is 0 Å². The van der Waals surface area contributed by atoms with Gasteiger partial charge in [0.05, 0.1) is 0 Å². The van der Waals surface area contributed by atoms with Gasteiger partial charge in [0.15, 0.2) is 0 Å². The number of hydrogen-bond donors (Lipinski definition) is 1. The zero-order valence-electron chi connectivity index (χ0n) is 9.82. The lowest BCUT2D eigenvalue weighted by Gasteiger charge is -2.04. The van der Waals surface area contributed by atoms with Gasteiger partial charge in [-0.05, 0) is 32.0 Å². The van der Waals surface area contributed by atoms with Gasteiger partial charge < -0.3 is 10.1 Å². The summed E-state index contributed by atoms with van der Waals surface area (Å²) in [6.07, 6.45) is 4.75. The number of ether oxygens (including phenoxy) is 1. The Morgan fingerprint density at radius 2 is 2.12 bits per heavy atom. The Labute approximate surface area is 102 Å². The zero-order chi connectivity index (χ0) is 11.5. The molecular formula is C12H20N2OS. The van der Waals surface area contributed by atoms with Crippen molar-refractivity contribution in [1.82, 2.24) is 10.3 Å². The number of rotatable bonds is 9. The first-order valence-electron chi connectivity index (χ1n) is 5.74. The van der Waals surface area contributed by atoms with Gasteiger partial charge in [0.1, 0.15) is 0 Å². The number of aromatic nitrogens is 1. The summed E-state index contributed by atoms with van der Waals surface area (Å²) in [4.78, 5) is 5.27. The first-order valence-corrected chi connectivity index (χ1v) is 6.73. The van der Waals surface area contributed by atoms with Crippen LogP contribution in [0.1, 0.15) is 13.3 Å². The van der Waals surface area contributed by atoms with Gasteiger partial charge in [-0.25, -0.2) is 0 Å². The summed E-state index contributed by atoms with van der Waals surface area (Å²) in [5.41, 5.74) is 0. The van der Waals surface area contributed by atoms with E-state index < -0.39 is 0 Å². The van der Waals surface area contributed by atoms with Gasteiger partial charge in [-0.2, -0.15) is 0 Å². The van der Waals surface area contributed by atoms with Crippen molar-refractivity contribution in [1.29, 1.82) is 0 Å². The summed E-state index contributed by atoms with van der Waals surface area (Å²) < 4.78 is 5.26. The van der Waals surface area contributed by atoms with Gasteiger partial charge in [0.25, 0.3) is 0 Å². The van der Waals surface area contributed by atoms with Crippen LogP contribution in [0.3, 0.4) is 0 Å². The van der Waals surface area contributed by atoms with Crippen LogP contribution in [0.15, 0.2) is 29.4 Å². The minimum Gasteiger partial charge on any atom is -0.382 e. The van der Waals surface area contributed by atoms with E-state index in [9.17, 15) is 0 Å². The predicted molar refractivity (Wildman–Crippen MR) is 68.9 cm³/mol. The van der Waals surface area contributed by atoms with Crippen LogP contribution in [-0.2, 0) is 4.74 Å². The number of pyridine rings is 1. The van der Waals surface area contributed by atoms with Crippen molar-refractivity contribution in [2.45, 2.75) is 18.2 Å². The summed E-state index contributed by atoms with van der Waals surface area (Å²) in [5, 5.41) is 3.40. The van der Waals surface area contributed by atoms with E-state index in [2.05, 4.69) is 10.3 Å². The molecule has 0 radical (unpaired) electrons. The van der Waals surface area contributed by atoms with Crippen LogP contribution >= 0.6 is 11.8 Å². The molecule has 4 heteroatoms. The Bertz CT molecular complexity index is 256. The Balaban J connectivity index is 1.89. The van der Waals surface area contributed by atoms with Crippen LogP contribution in [0.5, 0.6) is 0 Å². The summed E-state index contributed by atoms with van der Waals surface area (Å²) in [7, 11) is 0. The lowest BCUT2D eigenvalue weighted by molar-refractivity contribution is 0.145. The van der Waals surface area contributed by atoms with Crippen molar-refractivity contribution in [3.05, 3.63) is 24.5 Å². The highest BCUT2D eigenvalue weighted by Gasteiger charge is 1.92. The standard InChI is InChI=1S/C12H20N2OS/c1-2-15-10-3-6-13-9-11-16-12-4-7-14-8-5-12/h4-5,7-8,13H,2-3,6,9-11H2,1H3. The third-order valence-corrected chi connectivity index (χ3v) is 3.06. The van der Waals surface area contributed by atoms with E-state index in [-0.39, 0.29) is 0 Å². The Morgan fingerprint density at radius 3 is 2.88 bits per heavy atom. The van der Waals surface area contributed by atoms with Gasteiger partial charge >= 0.3 is 0 Å². The zero-order valence-corrected chi connectivity index (χ0v) is 10.6. The molecular weight excluding hydrogens is 220 g/mol. The topological polar surface area (TPSA) is 34.1 Å². The van der Waals surface area contributed by atoms with Crippen LogP contribution in [0, 0.1) is 0 Å². The lowest BCUT2D eigenvalue weighted by Crippen LogP contribution is -2.19. The average molecular weight is 240 g/mol. The molecule has 0 aromatic carbocycles. The third kappa shape index (κ3) is 6.82. The molecule has 1 N–H and O–H groups in total. The maximum absolute atomic E-state index is 5.26. The number of thioether (sulfide) groups is 1. The highest BCUT2D eigenvalue weighted by molar-refractivity contribution is 7.99. The molecule has 0 amide bonds. The molecule has 90 valence electrons. The van der Waals surface area contributed by atoms with E-state index in [4.69, 9.17) is 4.74 Å². The minimum atomic E-state index is 0.817. The van der Waals surface area contributed by atoms with Crippen LogP contribution < -0.4 is 5.32 Å². The maximum Gasteiger partial charge on any atom is 0.0477 e. The smallest absolute Gasteiger partial charge is 0.0477 e. The maximum atomic E-state index is 5.26. The van der Waals surface area contributed by atoms with Crippen molar-refractivity contribution >= 4 is 11.8 Å². The average Bonchev–Trinajstić information content (AvgIpc) is 2.34. The van der Waals surface area contributed by atoms with Crippen molar-refractivity contribution in [2.24, 2.45) is 0 Å². The van der Waals surface area contributed by atoms with E-state index in [0.717, 1.165) is 38.5 Å². The number of hydrogen-bond acceptors (Lipinski definition) is 4. The predicted octanol–water partition coefficient (Wildman–Crippen LogP) is 2.19. The molecule has 0 atom stereocenters. The van der Waals surface area contributed by atoms with E-state index in [1.54, 1.807) is 0 Å². The molecule has 0 spiro atoms. The normalized spacial score (nSPS) is 10.6. The SMILES string of the molecule is CCOCCCNCCSc1ccncc1. The van der Waals surface area contributed by atoms with Crippen molar-refractivity contribution < 1.29 is 4.74 Å². The molecule has 1 heterocycles. The van der Waals surface area contributed by atoms with Gasteiger partial charge in [-0.15, -0.1) is 11.8 Å². The van der Waals surface area contributed by atoms with Gasteiger partial charge in [-0.3, -0.25) is 4.98 Å². The molecule has 0 aliphatic carbocycles. The van der Waals surface area contributed by atoms with Gasteiger partial charge in [0, 0.05) is 42.8 Å². The molecule has 0 unspecified atom stereocenters. The van der Waals surface area contributed by atoms with Crippen LogP contribution in [-0.4, -0.2) is 37.0 Å². The second-order valence-corrected chi connectivity index (χ2v) is 4.50. The molecule has 0 bridgehead atoms. The summed E-state index contributed by atoms with van der Waals surface area (Å²) in [6, 6.07) is 4.08. The lowest BCUT2D eigenvalue weighted by atomic mass is 10.4. The molecule has 0 saturated heterocycles. The van der Waals surface area contributed by atoms with Crippen molar-refractivity contribution in [3.63, 3.8) is 0 Å². The van der Waals surface area contributed by atoms with E-state index >= 15 is 0 Å². The van der Waals surface area contributed by atoms with Crippen molar-refractivity contribution in [2.75, 3.05) is 32.1 Å². The minimum absolute atomic E-state index is 0.817. The Hall–Kier alpha value is -0.580. The van der Waals surface area contributed by atoms with Crippen LogP contribution in [0.2, 0.25) is 0 Å². The highest BCUT2D eigenvalue weighted by atomic mass is 32.2. The fourth-order valence-electron chi connectivity index (χ4n) is 1.24. The second-order valence-electron chi connectivity index (χ2n) is 3.33. The summed E-state index contributed by atoms with van der Waals surface area (Å²) in [6.45, 7) is 5.79. The molecule has 0 aliphatic rings. The van der Waals surface area contributed by atoms with Crippen LogP contribution in [0.4, 0.5) is 0 Å². The van der Waals surface area contributed by atoms with Gasteiger partial charge in [0.2, 0.25) is 0 Å².